The number of hydrogen-bond donors (Lipinski definition) is 1. The summed E-state index contributed by atoms with van der Waals surface area (Å²) in [6.45, 7) is 0. The maximum absolute atomic E-state index is 11.7. The molecule has 0 saturated heterocycles. The molecule has 2 aromatic heterocycles. The number of carbonyl (C=O) groups excluding carboxylic acids is 1. The summed E-state index contributed by atoms with van der Waals surface area (Å²) in [5, 5.41) is 28.7. The van der Waals surface area contributed by atoms with Gasteiger partial charge in [-0.2, -0.15) is 25.5 Å². The molecule has 8 nitrogen and oxygen atoms in total. The molecule has 2 N–H and O–H groups in total. The Balaban J connectivity index is 1.62. The number of nitrogens with zero attached hydrogens (tertiary/aromatic N) is 6. The van der Waals surface area contributed by atoms with Crippen LogP contribution in [0.1, 0.15) is 29.6 Å². The summed E-state index contributed by atoms with van der Waals surface area (Å²) < 4.78 is 0. The number of carbonyl (C=O) groups is 1. The summed E-state index contributed by atoms with van der Waals surface area (Å²) in [6.07, 6.45) is 4.79. The number of nitriles is 2. The van der Waals surface area contributed by atoms with Gasteiger partial charge in [0.2, 0.25) is 5.91 Å². The van der Waals surface area contributed by atoms with Crippen molar-refractivity contribution in [1.29, 1.82) is 10.5 Å². The number of hydrogen-bond acceptors (Lipinski definition) is 6. The minimum atomic E-state index is -0.547. The second-order valence-electron chi connectivity index (χ2n) is 8.35. The molecule has 0 atom stereocenters. The smallest absolute Gasteiger partial charge is 0.248 e. The van der Waals surface area contributed by atoms with E-state index in [1.54, 1.807) is 35.4 Å². The van der Waals surface area contributed by atoms with Gasteiger partial charge in [0, 0.05) is 22.7 Å². The zero-order valence-corrected chi connectivity index (χ0v) is 17.6. The van der Waals surface area contributed by atoms with Crippen LogP contribution in [0.15, 0.2) is 60.9 Å². The van der Waals surface area contributed by atoms with Crippen LogP contribution in [-0.4, -0.2) is 25.9 Å². The lowest BCUT2D eigenvalue weighted by atomic mass is 9.68. The third-order valence-electron chi connectivity index (χ3n) is 6.24. The Labute approximate surface area is 189 Å². The highest BCUT2D eigenvalue weighted by Gasteiger charge is 2.48. The Morgan fingerprint density at radius 2 is 2.00 bits per heavy atom. The van der Waals surface area contributed by atoms with Gasteiger partial charge in [0.25, 0.3) is 0 Å². The van der Waals surface area contributed by atoms with Crippen LogP contribution in [0.3, 0.4) is 0 Å². The Morgan fingerprint density at radius 3 is 2.76 bits per heavy atom. The fourth-order valence-electron chi connectivity index (χ4n) is 4.50. The molecular weight excluding hydrogens is 414 g/mol. The summed E-state index contributed by atoms with van der Waals surface area (Å²) in [5.74, 6) is -0.573. The molecule has 2 aromatic carbocycles. The second kappa shape index (κ2) is 7.85. The van der Waals surface area contributed by atoms with E-state index in [4.69, 9.17) is 10.8 Å². The van der Waals surface area contributed by atoms with Crippen molar-refractivity contribution in [1.82, 2.24) is 20.0 Å². The standard InChI is InChI=1S/C25H19N7O/c26-7-6-25(12-16(13-25)14-27)32-30-15-23(31-32)21-10-19(11-22-20(21)5-2-8-29-22)17-3-1-4-18(9-17)24(28)33/h1-5,8-11,15-16H,6,12-13H2,(H2,28,33)/t16-,25+. The molecule has 0 aliphatic heterocycles. The van der Waals surface area contributed by atoms with Gasteiger partial charge in [-0.3, -0.25) is 9.78 Å². The number of fused-ring (bicyclic) bond motifs is 1. The third kappa shape index (κ3) is 3.48. The maximum atomic E-state index is 11.7. The van der Waals surface area contributed by atoms with Gasteiger partial charge in [-0.05, 0) is 54.3 Å². The van der Waals surface area contributed by atoms with Crippen LogP contribution >= 0.6 is 0 Å². The van der Waals surface area contributed by atoms with E-state index in [0.29, 0.717) is 24.1 Å². The van der Waals surface area contributed by atoms with Gasteiger partial charge in [0.05, 0.1) is 41.7 Å². The first kappa shape index (κ1) is 20.3. The highest BCUT2D eigenvalue weighted by atomic mass is 16.1. The molecule has 0 radical (unpaired) electrons. The van der Waals surface area contributed by atoms with E-state index in [1.165, 1.54) is 0 Å². The van der Waals surface area contributed by atoms with Crippen molar-refractivity contribution in [2.45, 2.75) is 24.8 Å². The first-order valence-corrected chi connectivity index (χ1v) is 10.5. The first-order valence-electron chi connectivity index (χ1n) is 10.5. The monoisotopic (exact) mass is 433 g/mol. The predicted octanol–water partition coefficient (Wildman–Crippen LogP) is 3.80. The van der Waals surface area contributed by atoms with E-state index in [9.17, 15) is 15.3 Å². The van der Waals surface area contributed by atoms with Crippen LogP contribution in [-0.2, 0) is 5.54 Å². The topological polar surface area (TPSA) is 134 Å². The minimum Gasteiger partial charge on any atom is -0.366 e. The van der Waals surface area contributed by atoms with Crippen LogP contribution in [0.25, 0.3) is 33.3 Å². The van der Waals surface area contributed by atoms with Gasteiger partial charge in [0.1, 0.15) is 5.69 Å². The number of nitrogens with two attached hydrogens (primary N) is 1. The van der Waals surface area contributed by atoms with Gasteiger partial charge >= 0.3 is 0 Å². The Kier molecular flexibility index (Phi) is 4.84. The van der Waals surface area contributed by atoms with E-state index < -0.39 is 11.4 Å². The Bertz CT molecular complexity index is 1470. The van der Waals surface area contributed by atoms with Gasteiger partial charge in [-0.15, -0.1) is 0 Å². The van der Waals surface area contributed by atoms with Gasteiger partial charge in [-0.25, -0.2) is 0 Å². The van der Waals surface area contributed by atoms with Crippen molar-refractivity contribution in [2.24, 2.45) is 11.7 Å². The van der Waals surface area contributed by atoms with Gasteiger partial charge in [-0.1, -0.05) is 18.2 Å². The van der Waals surface area contributed by atoms with Crippen molar-refractivity contribution in [3.05, 3.63) is 66.5 Å². The summed E-state index contributed by atoms with van der Waals surface area (Å²) >= 11 is 0. The molecule has 0 unspecified atom stereocenters. The molecule has 0 spiro atoms. The molecular formula is C25H19N7O. The lowest BCUT2D eigenvalue weighted by Crippen LogP contribution is -2.47. The molecule has 1 saturated carbocycles. The van der Waals surface area contributed by atoms with Crippen molar-refractivity contribution >= 4 is 16.8 Å². The molecule has 0 bridgehead atoms. The summed E-state index contributed by atoms with van der Waals surface area (Å²) in [6, 6.07) is 19.4. The number of rotatable bonds is 5. The van der Waals surface area contributed by atoms with Crippen LogP contribution in [0.2, 0.25) is 0 Å². The number of primary amides is 1. The Hall–Kier alpha value is -4.56. The maximum Gasteiger partial charge on any atom is 0.248 e. The van der Waals surface area contributed by atoms with Crippen molar-refractivity contribution in [3.63, 3.8) is 0 Å². The van der Waals surface area contributed by atoms with Gasteiger partial charge in [0.15, 0.2) is 0 Å². The SMILES string of the molecule is N#CC[C@]1(n2ncc(-c3cc(-c4cccc(C(N)=O)c4)cc4ncccc34)n2)C[C@@H](C#N)C1. The number of pyridine rings is 1. The van der Waals surface area contributed by atoms with Crippen LogP contribution in [0.4, 0.5) is 0 Å². The number of amides is 1. The highest BCUT2D eigenvalue weighted by Crippen LogP contribution is 2.45. The van der Waals surface area contributed by atoms with Crippen molar-refractivity contribution in [3.8, 4) is 34.5 Å². The van der Waals surface area contributed by atoms with E-state index in [2.05, 4.69) is 22.2 Å². The molecule has 1 aliphatic rings. The normalized spacial score (nSPS) is 19.4. The molecule has 160 valence electrons. The van der Waals surface area contributed by atoms with Gasteiger partial charge < -0.3 is 5.73 Å². The third-order valence-corrected chi connectivity index (χ3v) is 6.24. The van der Waals surface area contributed by atoms with Crippen LogP contribution in [0.5, 0.6) is 0 Å². The molecule has 1 aliphatic carbocycles. The van der Waals surface area contributed by atoms with E-state index in [0.717, 1.165) is 27.6 Å². The molecule has 5 rings (SSSR count). The fraction of sp³-hybridized carbons (Fsp3) is 0.200. The summed E-state index contributed by atoms with van der Waals surface area (Å²) in [4.78, 5) is 17.8. The molecule has 8 heteroatoms. The molecule has 4 aromatic rings. The first-order chi connectivity index (χ1) is 16.0. The molecule has 1 fully saturated rings. The average molecular weight is 433 g/mol. The number of aromatic nitrogens is 4. The zero-order chi connectivity index (χ0) is 23.0. The molecule has 2 heterocycles. The van der Waals surface area contributed by atoms with Crippen LogP contribution < -0.4 is 5.73 Å². The molecule has 1 amide bonds. The van der Waals surface area contributed by atoms with Crippen molar-refractivity contribution < 1.29 is 4.79 Å². The van der Waals surface area contributed by atoms with E-state index >= 15 is 0 Å². The largest absolute Gasteiger partial charge is 0.366 e. The van der Waals surface area contributed by atoms with E-state index in [-0.39, 0.29) is 12.3 Å². The van der Waals surface area contributed by atoms with Crippen LogP contribution in [0, 0.1) is 28.6 Å². The average Bonchev–Trinajstić information content (AvgIpc) is 3.31. The minimum absolute atomic E-state index is 0.0845. The molecule has 33 heavy (non-hydrogen) atoms. The fourth-order valence-corrected chi connectivity index (χ4v) is 4.50. The van der Waals surface area contributed by atoms with E-state index in [1.807, 2.05) is 30.3 Å². The lowest BCUT2D eigenvalue weighted by Gasteiger charge is -2.42. The highest BCUT2D eigenvalue weighted by molar-refractivity contribution is 5.98. The number of benzene rings is 2. The van der Waals surface area contributed by atoms with Crippen molar-refractivity contribution in [2.75, 3.05) is 0 Å². The lowest BCUT2D eigenvalue weighted by molar-refractivity contribution is 0.0713. The summed E-state index contributed by atoms with van der Waals surface area (Å²) in [7, 11) is 0. The Morgan fingerprint density at radius 1 is 1.15 bits per heavy atom. The predicted molar refractivity (Wildman–Crippen MR) is 121 cm³/mol. The zero-order valence-electron chi connectivity index (χ0n) is 17.6. The second-order valence-corrected chi connectivity index (χ2v) is 8.35. The quantitative estimate of drug-likeness (QED) is 0.509. The summed E-state index contributed by atoms with van der Waals surface area (Å²) in [5.41, 5.74) is 9.33.